The van der Waals surface area contributed by atoms with Gasteiger partial charge in [0.25, 0.3) is 10.0 Å². The average Bonchev–Trinajstić information content (AvgIpc) is 2.72. The van der Waals surface area contributed by atoms with Crippen molar-refractivity contribution in [1.82, 2.24) is 0 Å². The van der Waals surface area contributed by atoms with Crippen molar-refractivity contribution in [2.75, 3.05) is 0 Å². The Labute approximate surface area is 160 Å². The molecule has 3 aromatic rings. The zero-order chi connectivity index (χ0) is 19.0. The molecule has 0 bridgehead atoms. The molecule has 4 heteroatoms. The van der Waals surface area contributed by atoms with Gasteiger partial charge in [0.2, 0.25) is 0 Å². The first-order chi connectivity index (χ1) is 13.1. The lowest BCUT2D eigenvalue weighted by atomic mass is 10.1. The summed E-state index contributed by atoms with van der Waals surface area (Å²) >= 11 is 0. The van der Waals surface area contributed by atoms with Crippen LogP contribution in [0.2, 0.25) is 0 Å². The van der Waals surface area contributed by atoms with Crippen LogP contribution in [0.3, 0.4) is 0 Å². The first-order valence-corrected chi connectivity index (χ1v) is 9.94. The molecule has 0 spiro atoms. The van der Waals surface area contributed by atoms with Crippen molar-refractivity contribution in [2.24, 2.45) is 4.40 Å². The highest BCUT2D eigenvalue weighted by Crippen LogP contribution is 2.13. The van der Waals surface area contributed by atoms with E-state index < -0.39 is 10.0 Å². The summed E-state index contributed by atoms with van der Waals surface area (Å²) in [6.45, 7) is 0. The Balaban J connectivity index is 1.96. The summed E-state index contributed by atoms with van der Waals surface area (Å²) in [6.07, 6.45) is 7.09. The van der Waals surface area contributed by atoms with Crippen LogP contribution in [-0.4, -0.2) is 14.1 Å². The quantitative estimate of drug-likeness (QED) is 0.555. The van der Waals surface area contributed by atoms with Crippen molar-refractivity contribution in [3.63, 3.8) is 0 Å². The summed E-state index contributed by atoms with van der Waals surface area (Å²) < 4.78 is 29.2. The van der Waals surface area contributed by atoms with Crippen LogP contribution in [-0.2, 0) is 10.0 Å². The summed E-state index contributed by atoms with van der Waals surface area (Å²) in [5.74, 6) is 0. The van der Waals surface area contributed by atoms with Gasteiger partial charge in [0.15, 0.2) is 0 Å². The predicted octanol–water partition coefficient (Wildman–Crippen LogP) is 5.24. The number of hydrogen-bond acceptors (Lipinski definition) is 2. The lowest BCUT2D eigenvalue weighted by Crippen LogP contribution is -2.01. The second-order valence-corrected chi connectivity index (χ2v) is 7.40. The number of sulfonamides is 1. The van der Waals surface area contributed by atoms with E-state index >= 15 is 0 Å². The number of allylic oxidation sites excluding steroid dienone is 2. The molecule has 0 aromatic heterocycles. The van der Waals surface area contributed by atoms with E-state index in [4.69, 9.17) is 0 Å². The predicted molar refractivity (Wildman–Crippen MR) is 112 cm³/mol. The van der Waals surface area contributed by atoms with Crippen molar-refractivity contribution in [2.45, 2.75) is 4.90 Å². The molecular weight excluding hydrogens is 354 g/mol. The first-order valence-electron chi connectivity index (χ1n) is 8.50. The zero-order valence-electron chi connectivity index (χ0n) is 14.6. The smallest absolute Gasteiger partial charge is 0.199 e. The lowest BCUT2D eigenvalue weighted by molar-refractivity contribution is 0.598. The number of benzene rings is 3. The van der Waals surface area contributed by atoms with Gasteiger partial charge >= 0.3 is 0 Å². The van der Waals surface area contributed by atoms with E-state index in [1.807, 2.05) is 72.8 Å². The summed E-state index contributed by atoms with van der Waals surface area (Å²) in [5, 5.41) is 0. The number of nitrogens with zero attached hydrogens (tertiary/aromatic N) is 1. The van der Waals surface area contributed by atoms with Crippen molar-refractivity contribution in [3.8, 4) is 0 Å². The van der Waals surface area contributed by atoms with Crippen LogP contribution in [0, 0.1) is 0 Å². The van der Waals surface area contributed by atoms with E-state index in [1.165, 1.54) is 12.1 Å². The monoisotopic (exact) mass is 373 g/mol. The van der Waals surface area contributed by atoms with Gasteiger partial charge in [0, 0.05) is 0 Å². The SMILES string of the molecule is O=S(=O)(N=C(/C=C/c1ccccc1)/C=C/c1ccccc1)c1ccccc1. The molecule has 3 aromatic carbocycles. The Morgan fingerprint density at radius 1 is 0.630 bits per heavy atom. The molecule has 0 saturated carbocycles. The molecule has 27 heavy (non-hydrogen) atoms. The van der Waals surface area contributed by atoms with Crippen molar-refractivity contribution < 1.29 is 8.42 Å². The molecule has 0 unspecified atom stereocenters. The van der Waals surface area contributed by atoms with Gasteiger partial charge in [-0.2, -0.15) is 12.8 Å². The van der Waals surface area contributed by atoms with Gasteiger partial charge in [-0.15, -0.1) is 0 Å². The normalized spacial score (nSPS) is 11.7. The van der Waals surface area contributed by atoms with Gasteiger partial charge in [0.05, 0.1) is 10.6 Å². The molecule has 0 radical (unpaired) electrons. The highest BCUT2D eigenvalue weighted by molar-refractivity contribution is 7.90. The van der Waals surface area contributed by atoms with Gasteiger partial charge in [0.1, 0.15) is 0 Å². The molecule has 3 rings (SSSR count). The molecule has 134 valence electrons. The Kier molecular flexibility index (Phi) is 6.13. The van der Waals surface area contributed by atoms with Crippen LogP contribution in [0.15, 0.2) is 112 Å². The van der Waals surface area contributed by atoms with Gasteiger partial charge in [-0.3, -0.25) is 0 Å². The van der Waals surface area contributed by atoms with Crippen molar-refractivity contribution in [1.29, 1.82) is 0 Å². The van der Waals surface area contributed by atoms with Gasteiger partial charge in [-0.1, -0.05) is 91.0 Å². The topological polar surface area (TPSA) is 46.5 Å². The molecule has 0 aliphatic rings. The van der Waals surface area contributed by atoms with Crippen LogP contribution < -0.4 is 0 Å². The molecule has 0 saturated heterocycles. The minimum Gasteiger partial charge on any atom is -0.199 e. The third kappa shape index (κ3) is 5.62. The van der Waals surface area contributed by atoms with E-state index in [0.717, 1.165) is 11.1 Å². The standard InChI is InChI=1S/C23H19NO2S/c25-27(26,23-14-8-3-9-15-23)24-22(18-16-20-10-4-1-5-11-20)19-17-21-12-6-2-7-13-21/h1-19H/b18-16+,19-17+. The third-order valence-electron chi connectivity index (χ3n) is 3.76. The fourth-order valence-electron chi connectivity index (χ4n) is 2.39. The molecule has 0 aliphatic heterocycles. The molecule has 0 N–H and O–H groups in total. The summed E-state index contributed by atoms with van der Waals surface area (Å²) in [6, 6.07) is 27.6. The highest BCUT2D eigenvalue weighted by atomic mass is 32.2. The first kappa shape index (κ1) is 18.5. The average molecular weight is 373 g/mol. The molecule has 0 aliphatic carbocycles. The Hall–Kier alpha value is -3.24. The van der Waals surface area contributed by atoms with E-state index in [1.54, 1.807) is 30.4 Å². The number of rotatable bonds is 6. The molecular formula is C23H19NO2S. The van der Waals surface area contributed by atoms with Crippen LogP contribution in [0.1, 0.15) is 11.1 Å². The Morgan fingerprint density at radius 2 is 1.04 bits per heavy atom. The molecule has 0 heterocycles. The van der Waals surface area contributed by atoms with Crippen LogP contribution in [0.4, 0.5) is 0 Å². The van der Waals surface area contributed by atoms with Crippen LogP contribution in [0.5, 0.6) is 0 Å². The zero-order valence-corrected chi connectivity index (χ0v) is 15.5. The van der Waals surface area contributed by atoms with Crippen LogP contribution >= 0.6 is 0 Å². The van der Waals surface area contributed by atoms with Gasteiger partial charge in [-0.25, -0.2) is 0 Å². The van der Waals surface area contributed by atoms with Crippen molar-refractivity contribution in [3.05, 3.63) is 114 Å². The van der Waals surface area contributed by atoms with Gasteiger partial charge < -0.3 is 0 Å². The number of hydrogen-bond donors (Lipinski definition) is 0. The second kappa shape index (κ2) is 8.92. The maximum Gasteiger partial charge on any atom is 0.282 e. The van der Waals surface area contributed by atoms with E-state index in [0.29, 0.717) is 5.71 Å². The summed E-state index contributed by atoms with van der Waals surface area (Å²) in [7, 11) is -3.78. The van der Waals surface area contributed by atoms with Crippen LogP contribution in [0.25, 0.3) is 12.2 Å². The minimum atomic E-state index is -3.78. The lowest BCUT2D eigenvalue weighted by Gasteiger charge is -2.00. The molecule has 0 fully saturated rings. The largest absolute Gasteiger partial charge is 0.282 e. The molecule has 0 amide bonds. The van der Waals surface area contributed by atoms with Gasteiger partial charge in [-0.05, 0) is 35.4 Å². The summed E-state index contributed by atoms with van der Waals surface area (Å²) in [4.78, 5) is 0.170. The van der Waals surface area contributed by atoms with E-state index in [-0.39, 0.29) is 4.90 Å². The molecule has 0 atom stereocenters. The fraction of sp³-hybridized carbons (Fsp3) is 0. The minimum absolute atomic E-state index is 0.170. The summed E-state index contributed by atoms with van der Waals surface area (Å²) in [5.41, 5.74) is 2.29. The maximum absolute atomic E-state index is 12.6. The Bertz CT molecular complexity index is 1000. The third-order valence-corrected chi connectivity index (χ3v) is 5.08. The Morgan fingerprint density at radius 3 is 1.48 bits per heavy atom. The second-order valence-electron chi connectivity index (χ2n) is 5.79. The van der Waals surface area contributed by atoms with Crippen molar-refractivity contribution >= 4 is 27.9 Å². The highest BCUT2D eigenvalue weighted by Gasteiger charge is 2.11. The maximum atomic E-state index is 12.6. The molecule has 3 nitrogen and oxygen atoms in total. The van der Waals surface area contributed by atoms with E-state index in [2.05, 4.69) is 4.40 Å². The fourth-order valence-corrected chi connectivity index (χ4v) is 3.40. The van der Waals surface area contributed by atoms with E-state index in [9.17, 15) is 8.42 Å².